The van der Waals surface area contributed by atoms with Crippen LogP contribution in [-0.4, -0.2) is 20.5 Å². The quantitative estimate of drug-likeness (QED) is 0.595. The van der Waals surface area contributed by atoms with Gasteiger partial charge in [0.1, 0.15) is 5.75 Å². The van der Waals surface area contributed by atoms with E-state index in [1.807, 2.05) is 0 Å². The van der Waals surface area contributed by atoms with Gasteiger partial charge in [-0.2, -0.15) is 0 Å². The number of aromatic nitrogens is 1. The first-order valence-corrected chi connectivity index (χ1v) is 7.13. The van der Waals surface area contributed by atoms with Crippen molar-refractivity contribution in [3.8, 4) is 5.75 Å². The molecule has 1 aromatic heterocycles. The number of alkyl halides is 2. The van der Waals surface area contributed by atoms with E-state index in [0.717, 1.165) is 13.3 Å². The Morgan fingerprint density at radius 3 is 2.50 bits per heavy atom. The minimum absolute atomic E-state index is 0.232. The standard InChI is InChI=1S/C7H5ClF2INO3S/c1-15-5-3(11)2-12-7(16(8,13)14)4(5)6(9)10/h2,6H,1H3. The number of rotatable bonds is 3. The lowest BCUT2D eigenvalue weighted by Crippen LogP contribution is -2.06. The molecule has 0 aliphatic rings. The summed E-state index contributed by atoms with van der Waals surface area (Å²) in [5.41, 5.74) is -0.815. The van der Waals surface area contributed by atoms with Gasteiger partial charge in [-0.25, -0.2) is 22.2 Å². The van der Waals surface area contributed by atoms with Gasteiger partial charge in [-0.3, -0.25) is 0 Å². The van der Waals surface area contributed by atoms with Gasteiger partial charge in [0, 0.05) is 16.9 Å². The molecule has 1 heterocycles. The van der Waals surface area contributed by atoms with Crippen molar-refractivity contribution in [3.63, 3.8) is 0 Å². The third-order valence-corrected chi connectivity index (χ3v) is 3.63. The Kier molecular flexibility index (Phi) is 4.29. The molecule has 0 N–H and O–H groups in total. The van der Waals surface area contributed by atoms with Gasteiger partial charge < -0.3 is 4.74 Å². The minimum atomic E-state index is -4.33. The lowest BCUT2D eigenvalue weighted by molar-refractivity contribution is 0.142. The molecule has 9 heteroatoms. The molecule has 1 aromatic rings. The van der Waals surface area contributed by atoms with Gasteiger partial charge in [-0.05, 0) is 22.6 Å². The molecule has 1 rings (SSSR count). The summed E-state index contributed by atoms with van der Waals surface area (Å²) in [6.45, 7) is 0. The van der Waals surface area contributed by atoms with Crippen molar-refractivity contribution in [1.82, 2.24) is 4.98 Å². The van der Waals surface area contributed by atoms with Crippen molar-refractivity contribution in [3.05, 3.63) is 15.3 Å². The lowest BCUT2D eigenvalue weighted by Gasteiger charge is -2.11. The number of methoxy groups -OCH3 is 1. The van der Waals surface area contributed by atoms with E-state index in [4.69, 9.17) is 15.4 Å². The first kappa shape index (κ1) is 13.8. The number of hydrogen-bond donors (Lipinski definition) is 0. The van der Waals surface area contributed by atoms with Gasteiger partial charge >= 0.3 is 0 Å². The third kappa shape index (κ3) is 2.72. The maximum absolute atomic E-state index is 12.7. The SMILES string of the molecule is COc1c(I)cnc(S(=O)(=O)Cl)c1C(F)F. The fraction of sp³-hybridized carbons (Fsp3) is 0.286. The van der Waals surface area contributed by atoms with E-state index in [-0.39, 0.29) is 9.32 Å². The Morgan fingerprint density at radius 1 is 1.56 bits per heavy atom. The summed E-state index contributed by atoms with van der Waals surface area (Å²) < 4.78 is 52.6. The van der Waals surface area contributed by atoms with Gasteiger partial charge in [-0.1, -0.05) is 0 Å². The summed E-state index contributed by atoms with van der Waals surface area (Å²) in [6, 6.07) is 0. The van der Waals surface area contributed by atoms with Crippen molar-refractivity contribution >= 4 is 42.3 Å². The maximum atomic E-state index is 12.7. The molecule has 0 aromatic carbocycles. The van der Waals surface area contributed by atoms with Crippen LogP contribution in [0.25, 0.3) is 0 Å². The van der Waals surface area contributed by atoms with Gasteiger partial charge in [0.25, 0.3) is 15.5 Å². The molecule has 16 heavy (non-hydrogen) atoms. The third-order valence-electron chi connectivity index (χ3n) is 1.64. The Bertz CT molecular complexity index is 509. The number of nitrogens with zero attached hydrogens (tertiary/aromatic N) is 1. The Labute approximate surface area is 109 Å². The first-order chi connectivity index (χ1) is 7.29. The van der Waals surface area contributed by atoms with Crippen molar-refractivity contribution in [2.75, 3.05) is 7.11 Å². The second-order valence-corrected chi connectivity index (χ2v) is 6.24. The highest BCUT2D eigenvalue weighted by atomic mass is 127. The molecular formula is C7H5ClF2INO3S. The van der Waals surface area contributed by atoms with E-state index in [9.17, 15) is 17.2 Å². The number of ether oxygens (including phenoxy) is 1. The number of hydrogen-bond acceptors (Lipinski definition) is 4. The molecule has 0 saturated carbocycles. The fourth-order valence-corrected chi connectivity index (χ4v) is 2.71. The van der Waals surface area contributed by atoms with E-state index in [1.165, 1.54) is 0 Å². The molecule has 0 fully saturated rings. The molecule has 0 unspecified atom stereocenters. The molecule has 0 spiro atoms. The van der Waals surface area contributed by atoms with Gasteiger partial charge in [-0.15, -0.1) is 0 Å². The van der Waals surface area contributed by atoms with Crippen LogP contribution in [0.2, 0.25) is 0 Å². The van der Waals surface area contributed by atoms with Crippen molar-refractivity contribution in [1.29, 1.82) is 0 Å². The zero-order valence-corrected chi connectivity index (χ0v) is 11.5. The highest BCUT2D eigenvalue weighted by molar-refractivity contribution is 14.1. The van der Waals surface area contributed by atoms with E-state index in [2.05, 4.69) is 4.98 Å². The minimum Gasteiger partial charge on any atom is -0.495 e. The number of pyridine rings is 1. The second-order valence-electron chi connectivity index (χ2n) is 2.60. The summed E-state index contributed by atoms with van der Waals surface area (Å²) >= 11 is 1.71. The lowest BCUT2D eigenvalue weighted by atomic mass is 10.2. The van der Waals surface area contributed by atoms with Crippen LogP contribution in [0, 0.1) is 3.57 Å². The summed E-state index contributed by atoms with van der Waals surface area (Å²) in [4.78, 5) is 3.39. The average Bonchev–Trinajstić information content (AvgIpc) is 2.14. The van der Waals surface area contributed by atoms with E-state index < -0.39 is 26.1 Å². The van der Waals surface area contributed by atoms with Crippen molar-refractivity contribution < 1.29 is 21.9 Å². The molecule has 0 saturated heterocycles. The van der Waals surface area contributed by atoms with Crippen molar-refractivity contribution in [2.24, 2.45) is 0 Å². The van der Waals surface area contributed by atoms with Gasteiger partial charge in [0.15, 0.2) is 5.03 Å². The maximum Gasteiger partial charge on any atom is 0.279 e. The van der Waals surface area contributed by atoms with Gasteiger partial charge in [0.2, 0.25) is 0 Å². The smallest absolute Gasteiger partial charge is 0.279 e. The van der Waals surface area contributed by atoms with Crippen LogP contribution in [0.5, 0.6) is 5.75 Å². The molecule has 0 atom stereocenters. The van der Waals surface area contributed by atoms with Crippen LogP contribution in [0.15, 0.2) is 11.2 Å². The van der Waals surface area contributed by atoms with E-state index in [0.29, 0.717) is 0 Å². The summed E-state index contributed by atoms with van der Waals surface area (Å²) in [6.07, 6.45) is -1.94. The van der Waals surface area contributed by atoms with Crippen LogP contribution in [0.3, 0.4) is 0 Å². The molecule has 0 aliphatic carbocycles. The van der Waals surface area contributed by atoms with Crippen molar-refractivity contribution in [2.45, 2.75) is 11.5 Å². The van der Waals surface area contributed by atoms with Gasteiger partial charge in [0.05, 0.1) is 16.2 Å². The summed E-state index contributed by atoms with van der Waals surface area (Å²) in [5.74, 6) is -0.232. The molecule has 4 nitrogen and oxygen atoms in total. The molecular weight excluding hydrogens is 379 g/mol. The average molecular weight is 384 g/mol. The van der Waals surface area contributed by atoms with Crippen LogP contribution < -0.4 is 4.74 Å². The van der Waals surface area contributed by atoms with Crippen LogP contribution in [0.1, 0.15) is 12.0 Å². The van der Waals surface area contributed by atoms with Crippen LogP contribution in [0.4, 0.5) is 8.78 Å². The highest BCUT2D eigenvalue weighted by Gasteiger charge is 2.29. The first-order valence-electron chi connectivity index (χ1n) is 3.74. The monoisotopic (exact) mass is 383 g/mol. The Hall–Kier alpha value is -0.220. The predicted molar refractivity (Wildman–Crippen MR) is 61.5 cm³/mol. The Morgan fingerprint density at radius 2 is 2.12 bits per heavy atom. The largest absolute Gasteiger partial charge is 0.495 e. The van der Waals surface area contributed by atoms with E-state index >= 15 is 0 Å². The summed E-state index contributed by atoms with van der Waals surface area (Å²) in [7, 11) is 1.84. The predicted octanol–water partition coefficient (Wildman–Crippen LogP) is 2.56. The molecule has 0 bridgehead atoms. The Balaban J connectivity index is 3.65. The molecule has 0 radical (unpaired) electrons. The van der Waals surface area contributed by atoms with Crippen LogP contribution >= 0.6 is 33.3 Å². The fourth-order valence-electron chi connectivity index (χ4n) is 1.06. The van der Waals surface area contributed by atoms with E-state index in [1.54, 1.807) is 22.6 Å². The molecule has 0 amide bonds. The normalized spacial score (nSPS) is 11.9. The van der Waals surface area contributed by atoms with Crippen LogP contribution in [-0.2, 0) is 9.05 Å². The topological polar surface area (TPSA) is 56.3 Å². The zero-order valence-electron chi connectivity index (χ0n) is 7.75. The molecule has 0 aliphatic heterocycles. The molecule has 90 valence electrons. The number of halogens is 4. The highest BCUT2D eigenvalue weighted by Crippen LogP contribution is 2.37. The summed E-state index contributed by atoms with van der Waals surface area (Å²) in [5, 5.41) is -0.874. The second kappa shape index (κ2) is 4.96. The zero-order chi connectivity index (χ0) is 12.5.